The summed E-state index contributed by atoms with van der Waals surface area (Å²) in [5, 5.41) is 14.8. The summed E-state index contributed by atoms with van der Waals surface area (Å²) < 4.78 is 0.507. The van der Waals surface area contributed by atoms with Gasteiger partial charge in [0.15, 0.2) is 0 Å². The minimum absolute atomic E-state index is 0. The maximum atomic E-state index is 11.2. The fraction of sp³-hybridized carbons (Fsp3) is 0.0833. The summed E-state index contributed by atoms with van der Waals surface area (Å²) in [6.45, 7) is 0. The van der Waals surface area contributed by atoms with Gasteiger partial charge in [0.2, 0.25) is 0 Å². The molecule has 0 saturated carbocycles. The zero-order valence-electron chi connectivity index (χ0n) is 10.3. The van der Waals surface area contributed by atoms with E-state index in [2.05, 4.69) is 5.32 Å². The molecular weight excluding hydrogens is 352 g/mol. The van der Waals surface area contributed by atoms with Gasteiger partial charge in [-0.05, 0) is 30.3 Å². The summed E-state index contributed by atoms with van der Waals surface area (Å²) in [7, 11) is 0. The van der Waals surface area contributed by atoms with Gasteiger partial charge in [-0.25, -0.2) is 0 Å². The average molecular weight is 359 g/mol. The van der Waals surface area contributed by atoms with Gasteiger partial charge in [0.1, 0.15) is 6.04 Å². The van der Waals surface area contributed by atoms with Gasteiger partial charge in [0.05, 0.1) is 10.3 Å². The number of nitrogens with one attached hydrogen (secondary N) is 1. The summed E-state index contributed by atoms with van der Waals surface area (Å²) in [6.07, 6.45) is 0. The summed E-state index contributed by atoms with van der Waals surface area (Å²) >= 11 is 18.7. The van der Waals surface area contributed by atoms with Crippen LogP contribution in [0.25, 0.3) is 0 Å². The Balaban J connectivity index is 0.00000200. The van der Waals surface area contributed by atoms with Crippen LogP contribution in [-0.2, 0) is 4.79 Å². The van der Waals surface area contributed by atoms with Crippen LogP contribution in [0, 0.1) is 0 Å². The van der Waals surface area contributed by atoms with Crippen LogP contribution in [-0.4, -0.2) is 5.97 Å². The van der Waals surface area contributed by atoms with Gasteiger partial charge in [-0.3, -0.25) is 0 Å². The average Bonchev–Trinajstić information content (AvgIpc) is 2.70. The molecule has 1 heterocycles. The van der Waals surface area contributed by atoms with Crippen molar-refractivity contribution in [1.82, 2.24) is 0 Å². The molecule has 0 aliphatic heterocycles. The quantitative estimate of drug-likeness (QED) is 0.815. The number of aliphatic carboxylic acids is 1. The van der Waals surface area contributed by atoms with Crippen molar-refractivity contribution in [2.75, 3.05) is 5.32 Å². The Labute approximate surface area is 157 Å². The van der Waals surface area contributed by atoms with Crippen molar-refractivity contribution in [1.29, 1.82) is 0 Å². The Morgan fingerprint density at radius 2 is 1.75 bits per heavy atom. The molecule has 0 amide bonds. The van der Waals surface area contributed by atoms with Crippen LogP contribution in [0.5, 0.6) is 0 Å². The molecule has 0 fully saturated rings. The normalized spacial score (nSPS) is 11.6. The molecular formula is C12H7Cl3NNaO2S. The molecule has 20 heavy (non-hydrogen) atoms. The number of hydrogen-bond acceptors (Lipinski definition) is 4. The molecule has 0 spiro atoms. The molecule has 1 unspecified atom stereocenters. The van der Waals surface area contributed by atoms with Crippen LogP contribution in [0.3, 0.4) is 0 Å². The van der Waals surface area contributed by atoms with Gasteiger partial charge >= 0.3 is 29.6 Å². The van der Waals surface area contributed by atoms with E-state index in [0.29, 0.717) is 24.9 Å². The number of thiophene rings is 1. The Morgan fingerprint density at radius 3 is 2.20 bits per heavy atom. The topological polar surface area (TPSA) is 52.2 Å². The molecule has 8 heteroatoms. The van der Waals surface area contributed by atoms with E-state index in [1.54, 1.807) is 30.3 Å². The Morgan fingerprint density at radius 1 is 1.15 bits per heavy atom. The summed E-state index contributed by atoms with van der Waals surface area (Å²) in [4.78, 5) is 11.8. The molecule has 0 aliphatic rings. The van der Waals surface area contributed by atoms with Gasteiger partial charge in [-0.2, -0.15) is 0 Å². The van der Waals surface area contributed by atoms with Crippen molar-refractivity contribution in [2.24, 2.45) is 0 Å². The first-order valence-electron chi connectivity index (χ1n) is 5.14. The van der Waals surface area contributed by atoms with Crippen molar-refractivity contribution in [2.45, 2.75) is 6.04 Å². The van der Waals surface area contributed by atoms with Gasteiger partial charge in [0.25, 0.3) is 0 Å². The number of anilines is 1. The SMILES string of the molecule is O=C([O-])C(Nc1cc(Cl)cc(Cl)c1)c1ccc(Cl)s1.[Na+]. The van der Waals surface area contributed by atoms with Crippen LogP contribution < -0.4 is 40.0 Å². The Hall–Kier alpha value is 0.0600. The van der Waals surface area contributed by atoms with E-state index in [0.717, 1.165) is 0 Å². The minimum atomic E-state index is -1.25. The van der Waals surface area contributed by atoms with Crippen molar-refractivity contribution in [3.8, 4) is 0 Å². The van der Waals surface area contributed by atoms with Crippen LogP contribution in [0.1, 0.15) is 10.9 Å². The molecule has 1 atom stereocenters. The predicted octanol–water partition coefficient (Wildman–Crippen LogP) is 0.615. The van der Waals surface area contributed by atoms with E-state index >= 15 is 0 Å². The van der Waals surface area contributed by atoms with Gasteiger partial charge in [0, 0.05) is 20.6 Å². The first-order chi connectivity index (χ1) is 8.95. The van der Waals surface area contributed by atoms with Crippen molar-refractivity contribution in [3.05, 3.63) is 49.6 Å². The first-order valence-corrected chi connectivity index (χ1v) is 7.09. The van der Waals surface area contributed by atoms with E-state index < -0.39 is 12.0 Å². The molecule has 0 radical (unpaired) electrons. The van der Waals surface area contributed by atoms with Crippen LogP contribution >= 0.6 is 46.1 Å². The van der Waals surface area contributed by atoms with Gasteiger partial charge in [-0.15, -0.1) is 11.3 Å². The molecule has 1 N–H and O–H groups in total. The Kier molecular flexibility index (Phi) is 7.15. The number of rotatable bonds is 4. The second kappa shape index (κ2) is 7.90. The number of benzene rings is 1. The summed E-state index contributed by atoms with van der Waals surface area (Å²) in [5.74, 6) is -1.25. The number of carbonyl (C=O) groups is 1. The zero-order valence-corrected chi connectivity index (χ0v) is 15.4. The number of carboxylic acid groups (broad SMARTS) is 1. The monoisotopic (exact) mass is 357 g/mol. The van der Waals surface area contributed by atoms with E-state index in [9.17, 15) is 9.90 Å². The van der Waals surface area contributed by atoms with Crippen LogP contribution in [0.15, 0.2) is 30.3 Å². The fourth-order valence-electron chi connectivity index (χ4n) is 1.53. The van der Waals surface area contributed by atoms with Crippen molar-refractivity contribution >= 4 is 57.8 Å². The standard InChI is InChI=1S/C12H8Cl3NO2S.Na/c13-6-3-7(14)5-8(4-6)16-11(12(17)18)9-1-2-10(15)19-9;/h1-5,11,16H,(H,17,18);/q;+1/p-1. The zero-order chi connectivity index (χ0) is 14.0. The number of carboxylic acids is 1. The molecule has 1 aromatic heterocycles. The molecule has 3 nitrogen and oxygen atoms in total. The predicted molar refractivity (Wildman–Crippen MR) is 77.2 cm³/mol. The molecule has 0 bridgehead atoms. The summed E-state index contributed by atoms with van der Waals surface area (Å²) in [6, 6.07) is 6.98. The van der Waals surface area contributed by atoms with E-state index in [4.69, 9.17) is 34.8 Å². The second-order valence-electron chi connectivity index (χ2n) is 3.70. The van der Waals surface area contributed by atoms with E-state index in [1.165, 1.54) is 11.3 Å². The van der Waals surface area contributed by atoms with Crippen LogP contribution in [0.2, 0.25) is 14.4 Å². The third-order valence-corrected chi connectivity index (χ3v) is 4.02. The maximum absolute atomic E-state index is 11.2. The Bertz CT molecular complexity index is 600. The largest absolute Gasteiger partial charge is 1.00 e. The van der Waals surface area contributed by atoms with Crippen molar-refractivity contribution < 1.29 is 39.5 Å². The summed E-state index contributed by atoms with van der Waals surface area (Å²) in [5.41, 5.74) is 0.497. The first kappa shape index (κ1) is 18.1. The van der Waals surface area contributed by atoms with Gasteiger partial charge < -0.3 is 15.2 Å². The number of halogens is 3. The van der Waals surface area contributed by atoms with E-state index in [1.807, 2.05) is 0 Å². The number of carbonyl (C=O) groups excluding carboxylic acids is 1. The van der Waals surface area contributed by atoms with Gasteiger partial charge in [-0.1, -0.05) is 34.8 Å². The molecule has 1 aromatic carbocycles. The molecule has 100 valence electrons. The second-order valence-corrected chi connectivity index (χ2v) is 6.32. The molecule has 2 aromatic rings. The molecule has 0 aliphatic carbocycles. The maximum Gasteiger partial charge on any atom is 1.00 e. The minimum Gasteiger partial charge on any atom is -0.547 e. The molecule has 2 rings (SSSR count). The third-order valence-electron chi connectivity index (χ3n) is 2.29. The smallest absolute Gasteiger partial charge is 0.547 e. The third kappa shape index (κ3) is 4.81. The molecule has 0 saturated heterocycles. The fourth-order valence-corrected chi connectivity index (χ4v) is 3.16. The van der Waals surface area contributed by atoms with Crippen LogP contribution in [0.4, 0.5) is 5.69 Å². The van der Waals surface area contributed by atoms with E-state index in [-0.39, 0.29) is 29.6 Å². The number of hydrogen-bond donors (Lipinski definition) is 1. The van der Waals surface area contributed by atoms with Crippen molar-refractivity contribution in [3.63, 3.8) is 0 Å².